The number of amides is 1. The zero-order valence-corrected chi connectivity index (χ0v) is 15.2. The molecule has 2 rings (SSSR count). The zero-order chi connectivity index (χ0) is 17.5. The molecule has 0 atom stereocenters. The summed E-state index contributed by atoms with van der Waals surface area (Å²) in [5.41, 5.74) is 4.52. The van der Waals surface area contributed by atoms with Crippen LogP contribution in [0.2, 0.25) is 0 Å². The molecule has 0 saturated carbocycles. The third-order valence-electron chi connectivity index (χ3n) is 4.46. The van der Waals surface area contributed by atoms with Gasteiger partial charge < -0.3 is 5.32 Å². The van der Waals surface area contributed by atoms with Gasteiger partial charge in [-0.3, -0.25) is 9.69 Å². The van der Waals surface area contributed by atoms with Crippen LogP contribution in [0.15, 0.2) is 48.5 Å². The van der Waals surface area contributed by atoms with Crippen LogP contribution in [-0.2, 0) is 11.3 Å². The highest BCUT2D eigenvalue weighted by atomic mass is 16.1. The highest BCUT2D eigenvalue weighted by molar-refractivity contribution is 5.91. The summed E-state index contributed by atoms with van der Waals surface area (Å²) >= 11 is 0. The normalized spacial score (nSPS) is 11.1. The maximum Gasteiger partial charge on any atom is 0.225 e. The smallest absolute Gasteiger partial charge is 0.225 e. The first kappa shape index (κ1) is 18.2. The fraction of sp³-hybridized carbons (Fsp3) is 0.381. The van der Waals surface area contributed by atoms with Crippen LogP contribution < -0.4 is 5.32 Å². The predicted octanol–water partition coefficient (Wildman–Crippen LogP) is 4.54. The van der Waals surface area contributed by atoms with Gasteiger partial charge in [0.1, 0.15) is 0 Å². The third-order valence-corrected chi connectivity index (χ3v) is 4.46. The van der Waals surface area contributed by atoms with Gasteiger partial charge in [-0.05, 0) is 50.5 Å². The molecule has 0 aliphatic carbocycles. The summed E-state index contributed by atoms with van der Waals surface area (Å²) in [4.78, 5) is 14.6. The van der Waals surface area contributed by atoms with E-state index < -0.39 is 0 Å². The van der Waals surface area contributed by atoms with Crippen molar-refractivity contribution in [1.29, 1.82) is 0 Å². The lowest BCUT2D eigenvalue weighted by atomic mass is 10.1. The van der Waals surface area contributed by atoms with E-state index in [1.54, 1.807) is 0 Å². The average Bonchev–Trinajstić information content (AvgIpc) is 2.56. The number of carbonyl (C=O) groups is 1. The average molecular weight is 324 g/mol. The zero-order valence-electron chi connectivity index (χ0n) is 15.2. The molecule has 0 heterocycles. The van der Waals surface area contributed by atoms with E-state index in [1.165, 1.54) is 11.1 Å². The van der Waals surface area contributed by atoms with Crippen LogP contribution in [0.1, 0.15) is 37.0 Å². The van der Waals surface area contributed by atoms with E-state index in [1.807, 2.05) is 25.1 Å². The Morgan fingerprint density at radius 1 is 1.04 bits per heavy atom. The Balaban J connectivity index is 1.91. The van der Waals surface area contributed by atoms with Gasteiger partial charge in [0.25, 0.3) is 0 Å². The van der Waals surface area contributed by atoms with Gasteiger partial charge in [-0.1, -0.05) is 42.5 Å². The Hall–Kier alpha value is -2.13. The van der Waals surface area contributed by atoms with Crippen LogP contribution in [0.5, 0.6) is 0 Å². The molecule has 0 aliphatic rings. The van der Waals surface area contributed by atoms with Crippen LogP contribution in [-0.4, -0.2) is 23.4 Å². The highest BCUT2D eigenvalue weighted by Crippen LogP contribution is 2.18. The fourth-order valence-corrected chi connectivity index (χ4v) is 2.68. The van der Waals surface area contributed by atoms with Crippen molar-refractivity contribution < 1.29 is 4.79 Å². The van der Waals surface area contributed by atoms with E-state index in [2.05, 4.69) is 61.3 Å². The van der Waals surface area contributed by atoms with Crippen LogP contribution in [0.25, 0.3) is 0 Å². The first-order valence-corrected chi connectivity index (χ1v) is 8.61. The molecule has 1 N–H and O–H groups in total. The SMILES string of the molecule is Cc1cccc(NC(=O)CCN(Cc2ccccc2)C(C)C)c1C. The summed E-state index contributed by atoms with van der Waals surface area (Å²) in [7, 11) is 0. The molecule has 0 radical (unpaired) electrons. The molecule has 0 aliphatic heterocycles. The maximum absolute atomic E-state index is 12.3. The minimum Gasteiger partial charge on any atom is -0.326 e. The number of nitrogens with one attached hydrogen (secondary N) is 1. The third kappa shape index (κ3) is 5.20. The molecule has 24 heavy (non-hydrogen) atoms. The summed E-state index contributed by atoms with van der Waals surface area (Å²) in [5, 5.41) is 3.04. The number of hydrogen-bond acceptors (Lipinski definition) is 2. The quantitative estimate of drug-likeness (QED) is 0.811. The summed E-state index contributed by atoms with van der Waals surface area (Å²) in [5.74, 6) is 0.0717. The summed E-state index contributed by atoms with van der Waals surface area (Å²) < 4.78 is 0. The van der Waals surface area contributed by atoms with Crippen molar-refractivity contribution in [2.75, 3.05) is 11.9 Å². The van der Waals surface area contributed by atoms with Gasteiger partial charge in [0.2, 0.25) is 5.91 Å². The molecule has 2 aromatic rings. The van der Waals surface area contributed by atoms with E-state index in [4.69, 9.17) is 0 Å². The van der Waals surface area contributed by atoms with E-state index in [0.717, 1.165) is 24.3 Å². The van der Waals surface area contributed by atoms with Gasteiger partial charge in [0.15, 0.2) is 0 Å². The molecule has 3 nitrogen and oxygen atoms in total. The van der Waals surface area contributed by atoms with E-state index >= 15 is 0 Å². The van der Waals surface area contributed by atoms with Gasteiger partial charge in [-0.25, -0.2) is 0 Å². The molecule has 0 spiro atoms. The number of aryl methyl sites for hydroxylation is 1. The molecule has 0 saturated heterocycles. The Bertz CT molecular complexity index is 665. The van der Waals surface area contributed by atoms with Crippen molar-refractivity contribution in [2.45, 2.75) is 46.7 Å². The predicted molar refractivity (Wildman–Crippen MR) is 101 cm³/mol. The van der Waals surface area contributed by atoms with Crippen LogP contribution in [0.4, 0.5) is 5.69 Å². The van der Waals surface area contributed by atoms with Crippen molar-refractivity contribution in [3.8, 4) is 0 Å². The molecular weight excluding hydrogens is 296 g/mol. The van der Waals surface area contributed by atoms with Crippen LogP contribution in [0.3, 0.4) is 0 Å². The highest BCUT2D eigenvalue weighted by Gasteiger charge is 2.13. The van der Waals surface area contributed by atoms with Crippen molar-refractivity contribution in [3.05, 3.63) is 65.2 Å². The first-order chi connectivity index (χ1) is 11.5. The Morgan fingerprint density at radius 2 is 1.75 bits per heavy atom. The number of carbonyl (C=O) groups excluding carboxylic acids is 1. The molecule has 0 fully saturated rings. The summed E-state index contributed by atoms with van der Waals surface area (Å²) in [6, 6.07) is 16.8. The minimum atomic E-state index is 0.0717. The van der Waals surface area contributed by atoms with Crippen molar-refractivity contribution in [2.24, 2.45) is 0 Å². The standard InChI is InChI=1S/C21H28N2O/c1-16(2)23(15-19-10-6-5-7-11-19)14-13-21(24)22-20-12-8-9-17(3)18(20)4/h5-12,16H,13-15H2,1-4H3,(H,22,24). The fourth-order valence-electron chi connectivity index (χ4n) is 2.68. The molecule has 3 heteroatoms. The lowest BCUT2D eigenvalue weighted by molar-refractivity contribution is -0.116. The number of anilines is 1. The minimum absolute atomic E-state index is 0.0717. The summed E-state index contributed by atoms with van der Waals surface area (Å²) in [6.07, 6.45) is 0.498. The molecular formula is C21H28N2O. The van der Waals surface area contributed by atoms with E-state index in [-0.39, 0.29) is 5.91 Å². The van der Waals surface area contributed by atoms with Gasteiger partial charge in [0, 0.05) is 31.2 Å². The van der Waals surface area contributed by atoms with E-state index in [9.17, 15) is 4.79 Å². The number of benzene rings is 2. The molecule has 1 amide bonds. The monoisotopic (exact) mass is 324 g/mol. The Morgan fingerprint density at radius 3 is 2.42 bits per heavy atom. The molecule has 0 aromatic heterocycles. The van der Waals surface area contributed by atoms with Gasteiger partial charge >= 0.3 is 0 Å². The molecule has 128 valence electrons. The van der Waals surface area contributed by atoms with Gasteiger partial charge in [-0.2, -0.15) is 0 Å². The van der Waals surface area contributed by atoms with E-state index in [0.29, 0.717) is 12.5 Å². The van der Waals surface area contributed by atoms with Crippen molar-refractivity contribution >= 4 is 11.6 Å². The molecule has 2 aromatic carbocycles. The maximum atomic E-state index is 12.3. The number of hydrogen-bond donors (Lipinski definition) is 1. The number of rotatable bonds is 7. The Kier molecular flexibility index (Phi) is 6.56. The number of nitrogens with zero attached hydrogens (tertiary/aromatic N) is 1. The lowest BCUT2D eigenvalue weighted by Gasteiger charge is -2.26. The van der Waals surface area contributed by atoms with Gasteiger partial charge in [-0.15, -0.1) is 0 Å². The van der Waals surface area contributed by atoms with Crippen LogP contribution >= 0.6 is 0 Å². The second kappa shape index (κ2) is 8.65. The van der Waals surface area contributed by atoms with Gasteiger partial charge in [0.05, 0.1) is 0 Å². The molecule has 0 unspecified atom stereocenters. The lowest BCUT2D eigenvalue weighted by Crippen LogP contribution is -2.33. The first-order valence-electron chi connectivity index (χ1n) is 8.61. The van der Waals surface area contributed by atoms with Crippen molar-refractivity contribution in [3.63, 3.8) is 0 Å². The largest absolute Gasteiger partial charge is 0.326 e. The second-order valence-electron chi connectivity index (χ2n) is 6.60. The second-order valence-corrected chi connectivity index (χ2v) is 6.60. The van der Waals surface area contributed by atoms with Crippen molar-refractivity contribution in [1.82, 2.24) is 4.90 Å². The van der Waals surface area contributed by atoms with Crippen LogP contribution in [0, 0.1) is 13.8 Å². The topological polar surface area (TPSA) is 32.3 Å². The molecule has 0 bridgehead atoms. The summed E-state index contributed by atoms with van der Waals surface area (Å²) in [6.45, 7) is 10.1. The Labute approximate surface area is 145 Å².